The third kappa shape index (κ3) is 4.11. The Balaban J connectivity index is 1.71. The third-order valence-corrected chi connectivity index (χ3v) is 6.71. The molecule has 6 nitrogen and oxygen atoms in total. The summed E-state index contributed by atoms with van der Waals surface area (Å²) in [6.07, 6.45) is -1.22. The molecule has 0 aromatic heterocycles. The molecule has 0 saturated carbocycles. The van der Waals surface area contributed by atoms with Crippen molar-refractivity contribution >= 4 is 28.9 Å². The highest BCUT2D eigenvalue weighted by Crippen LogP contribution is 2.42. The number of nitrogens with two attached hydrogens (primary N) is 1. The van der Waals surface area contributed by atoms with Crippen molar-refractivity contribution in [3.05, 3.63) is 47.5 Å². The first-order valence-electron chi connectivity index (χ1n) is 10.5. The van der Waals surface area contributed by atoms with Gasteiger partial charge in [0.1, 0.15) is 17.6 Å². The number of nitriles is 1. The standard InChI is InChI=1S/C23H25ClFN5O/c24-20-6-3-17(16-1-4-19(5-2-16)29-10-8-28-9-11-29)13-21(20)30(12-7-26)15-18(25)14-22(30)23(27)31/h1-6,13,18,22,28H,8-12,14-15H2,(H-,27,31)/p+1/t18-,22-,30?/m0/s1. The molecule has 3 atom stereocenters. The molecule has 162 valence electrons. The molecule has 0 radical (unpaired) electrons. The lowest BCUT2D eigenvalue weighted by Gasteiger charge is -2.36. The lowest BCUT2D eigenvalue weighted by molar-refractivity contribution is -0.121. The molecule has 2 heterocycles. The zero-order chi connectivity index (χ0) is 22.0. The van der Waals surface area contributed by atoms with E-state index in [1.807, 2.05) is 24.3 Å². The van der Waals surface area contributed by atoms with Gasteiger partial charge < -0.3 is 16.0 Å². The Morgan fingerprint density at radius 2 is 1.90 bits per heavy atom. The van der Waals surface area contributed by atoms with Crippen molar-refractivity contribution in [2.75, 3.05) is 44.2 Å². The quantitative estimate of drug-likeness (QED) is 0.551. The summed E-state index contributed by atoms with van der Waals surface area (Å²) in [5, 5.41) is 13.2. The highest BCUT2D eigenvalue weighted by Gasteiger charge is 2.52. The van der Waals surface area contributed by atoms with Crippen LogP contribution < -0.4 is 20.4 Å². The maximum atomic E-state index is 14.4. The van der Waals surface area contributed by atoms with Gasteiger partial charge >= 0.3 is 0 Å². The van der Waals surface area contributed by atoms with E-state index in [9.17, 15) is 14.4 Å². The number of alkyl halides is 1. The van der Waals surface area contributed by atoms with Crippen molar-refractivity contribution in [1.82, 2.24) is 9.80 Å². The SMILES string of the molecule is N#CC[N+]1(c2cc(-c3ccc(N4CCNCC4)cc3)ccc2Cl)C[C@@H](F)C[C@H]1C(N)=O. The number of rotatable bonds is 5. The second-order valence-corrected chi connectivity index (χ2v) is 8.64. The fourth-order valence-electron chi connectivity index (χ4n) is 4.83. The summed E-state index contributed by atoms with van der Waals surface area (Å²) in [5.74, 6) is -0.614. The van der Waals surface area contributed by atoms with Crippen LogP contribution in [-0.2, 0) is 4.79 Å². The summed E-state index contributed by atoms with van der Waals surface area (Å²) in [4.78, 5) is 14.5. The molecule has 8 heteroatoms. The molecule has 0 spiro atoms. The Hall–Kier alpha value is -2.66. The van der Waals surface area contributed by atoms with E-state index in [2.05, 4.69) is 28.4 Å². The molecule has 2 aromatic carbocycles. The van der Waals surface area contributed by atoms with Crippen LogP contribution in [0.4, 0.5) is 15.8 Å². The van der Waals surface area contributed by atoms with E-state index >= 15 is 0 Å². The van der Waals surface area contributed by atoms with Crippen molar-refractivity contribution < 1.29 is 9.18 Å². The van der Waals surface area contributed by atoms with E-state index in [1.165, 1.54) is 5.69 Å². The molecule has 2 saturated heterocycles. The first-order valence-corrected chi connectivity index (χ1v) is 10.9. The average Bonchev–Trinajstić information content (AvgIpc) is 3.12. The minimum absolute atomic E-state index is 0.00302. The lowest BCUT2D eigenvalue weighted by atomic mass is 10.0. The van der Waals surface area contributed by atoms with E-state index in [1.54, 1.807) is 6.07 Å². The summed E-state index contributed by atoms with van der Waals surface area (Å²) in [5.41, 5.74) is 9.22. The Bertz CT molecular complexity index is 1000. The molecule has 2 aliphatic heterocycles. The summed E-state index contributed by atoms with van der Waals surface area (Å²) in [7, 11) is 0. The number of carbonyl (C=O) groups excluding carboxylic acids is 1. The van der Waals surface area contributed by atoms with Crippen LogP contribution in [0.2, 0.25) is 5.02 Å². The summed E-state index contributed by atoms with van der Waals surface area (Å²) < 4.78 is 14.3. The Morgan fingerprint density at radius 3 is 2.55 bits per heavy atom. The number of nitrogens with zero attached hydrogens (tertiary/aromatic N) is 3. The summed E-state index contributed by atoms with van der Waals surface area (Å²) in [6, 6.07) is 15.1. The van der Waals surface area contributed by atoms with E-state index in [0.717, 1.165) is 37.3 Å². The van der Waals surface area contributed by atoms with Gasteiger partial charge in [0.05, 0.1) is 0 Å². The first-order chi connectivity index (χ1) is 14.9. The van der Waals surface area contributed by atoms with Crippen molar-refractivity contribution in [2.24, 2.45) is 5.73 Å². The van der Waals surface area contributed by atoms with Gasteiger partial charge in [0.25, 0.3) is 5.91 Å². The lowest BCUT2D eigenvalue weighted by Crippen LogP contribution is -2.58. The van der Waals surface area contributed by atoms with Gasteiger partial charge in [-0.25, -0.2) is 4.39 Å². The van der Waals surface area contributed by atoms with Crippen LogP contribution in [0.3, 0.4) is 0 Å². The molecule has 2 aromatic rings. The smallest absolute Gasteiger partial charge is 0.276 e. The normalized spacial score (nSPS) is 25.9. The van der Waals surface area contributed by atoms with Crippen LogP contribution >= 0.6 is 11.6 Å². The molecule has 3 N–H and O–H groups in total. The van der Waals surface area contributed by atoms with Gasteiger partial charge in [-0.15, -0.1) is 0 Å². The van der Waals surface area contributed by atoms with Crippen LogP contribution in [-0.4, -0.2) is 57.4 Å². The Labute approximate surface area is 186 Å². The fourth-order valence-corrected chi connectivity index (χ4v) is 5.12. The second-order valence-electron chi connectivity index (χ2n) is 8.23. The van der Waals surface area contributed by atoms with Gasteiger partial charge in [-0.3, -0.25) is 9.28 Å². The monoisotopic (exact) mass is 442 g/mol. The van der Waals surface area contributed by atoms with Crippen LogP contribution in [0.15, 0.2) is 42.5 Å². The number of hydrogen-bond donors (Lipinski definition) is 2. The number of benzene rings is 2. The fraction of sp³-hybridized carbons (Fsp3) is 0.391. The molecule has 0 bridgehead atoms. The number of quaternary nitrogens is 1. The van der Waals surface area contributed by atoms with Crippen LogP contribution in [0.25, 0.3) is 11.1 Å². The molecule has 2 aliphatic rings. The highest BCUT2D eigenvalue weighted by molar-refractivity contribution is 6.33. The molecular formula is C23H26ClFN5O+. The molecule has 31 heavy (non-hydrogen) atoms. The van der Waals surface area contributed by atoms with Crippen LogP contribution in [0, 0.1) is 11.3 Å². The minimum Gasteiger partial charge on any atom is -0.369 e. The number of nitrogens with one attached hydrogen (secondary N) is 1. The molecule has 1 unspecified atom stereocenters. The van der Waals surface area contributed by atoms with E-state index in [0.29, 0.717) is 10.7 Å². The first kappa shape index (κ1) is 21.6. The van der Waals surface area contributed by atoms with Crippen molar-refractivity contribution in [3.63, 3.8) is 0 Å². The number of likely N-dealkylation sites (tertiary alicyclic amines) is 1. The zero-order valence-electron chi connectivity index (χ0n) is 17.2. The molecule has 2 fully saturated rings. The highest BCUT2D eigenvalue weighted by atomic mass is 35.5. The predicted molar refractivity (Wildman–Crippen MR) is 122 cm³/mol. The number of halogens is 2. The number of anilines is 1. The van der Waals surface area contributed by atoms with E-state index < -0.39 is 18.1 Å². The van der Waals surface area contributed by atoms with Crippen LogP contribution in [0.1, 0.15) is 6.42 Å². The van der Waals surface area contributed by atoms with Gasteiger partial charge in [-0.2, -0.15) is 5.26 Å². The third-order valence-electron chi connectivity index (χ3n) is 6.39. The number of carbonyl (C=O) groups is 1. The van der Waals surface area contributed by atoms with Crippen molar-refractivity contribution in [1.29, 1.82) is 5.26 Å². The average molecular weight is 443 g/mol. The molecule has 4 rings (SSSR count). The summed E-state index contributed by atoms with van der Waals surface area (Å²) in [6.45, 7) is 3.82. The van der Waals surface area contributed by atoms with Crippen LogP contribution in [0.5, 0.6) is 0 Å². The van der Waals surface area contributed by atoms with Gasteiger partial charge in [0.15, 0.2) is 24.4 Å². The largest absolute Gasteiger partial charge is 0.369 e. The maximum absolute atomic E-state index is 14.4. The van der Waals surface area contributed by atoms with E-state index in [-0.39, 0.29) is 24.0 Å². The Kier molecular flexibility index (Phi) is 6.15. The van der Waals surface area contributed by atoms with Crippen molar-refractivity contribution in [2.45, 2.75) is 18.6 Å². The topological polar surface area (TPSA) is 82.2 Å². The zero-order valence-corrected chi connectivity index (χ0v) is 18.0. The maximum Gasteiger partial charge on any atom is 0.276 e. The minimum atomic E-state index is -1.22. The number of hydrogen-bond acceptors (Lipinski definition) is 4. The Morgan fingerprint density at radius 1 is 1.23 bits per heavy atom. The predicted octanol–water partition coefficient (Wildman–Crippen LogP) is 2.84. The number of amides is 1. The van der Waals surface area contributed by atoms with Crippen molar-refractivity contribution in [3.8, 4) is 17.2 Å². The van der Waals surface area contributed by atoms with Gasteiger partial charge in [0.2, 0.25) is 0 Å². The van der Waals surface area contributed by atoms with Gasteiger partial charge in [-0.1, -0.05) is 29.8 Å². The van der Waals surface area contributed by atoms with Gasteiger partial charge in [-0.05, 0) is 29.3 Å². The number of primary amides is 1. The summed E-state index contributed by atoms with van der Waals surface area (Å²) >= 11 is 6.52. The van der Waals surface area contributed by atoms with E-state index in [4.69, 9.17) is 17.3 Å². The molecule has 1 amide bonds. The number of piperazine rings is 1. The van der Waals surface area contributed by atoms with Gasteiger partial charge in [0, 0.05) is 44.4 Å². The molecular weight excluding hydrogens is 417 g/mol. The second kappa shape index (κ2) is 8.83. The molecule has 0 aliphatic carbocycles.